The van der Waals surface area contributed by atoms with Crippen LogP contribution in [-0.2, 0) is 0 Å². The van der Waals surface area contributed by atoms with E-state index in [1.165, 1.54) is 12.8 Å². The van der Waals surface area contributed by atoms with Gasteiger partial charge in [0.05, 0.1) is 0 Å². The lowest BCUT2D eigenvalue weighted by Gasteiger charge is -2.44. The molecular formula is C13H24N6. The zero-order valence-corrected chi connectivity index (χ0v) is 11.5. The summed E-state index contributed by atoms with van der Waals surface area (Å²) in [7, 11) is 1.99. The molecule has 1 atom stereocenters. The number of nitrogens with two attached hydrogens (primary N) is 2. The Bertz CT molecular complexity index is 407. The molecule has 0 bridgehead atoms. The van der Waals surface area contributed by atoms with Crippen LogP contribution in [0, 0.1) is 11.8 Å². The van der Waals surface area contributed by atoms with Gasteiger partial charge < -0.3 is 27.0 Å². The van der Waals surface area contributed by atoms with Crippen molar-refractivity contribution in [3.05, 3.63) is 11.9 Å². The van der Waals surface area contributed by atoms with Gasteiger partial charge in [-0.05, 0) is 25.5 Å². The Morgan fingerprint density at radius 1 is 1.47 bits per heavy atom. The van der Waals surface area contributed by atoms with E-state index >= 15 is 0 Å². The highest BCUT2D eigenvalue weighted by atomic mass is 15.3. The van der Waals surface area contributed by atoms with E-state index in [1.807, 2.05) is 7.05 Å². The Balaban J connectivity index is 1.64. The second-order valence-electron chi connectivity index (χ2n) is 6.12. The summed E-state index contributed by atoms with van der Waals surface area (Å²) in [6.07, 6.45) is 5.52. The topological polar surface area (TPSA) is 91.7 Å². The molecule has 6 heteroatoms. The van der Waals surface area contributed by atoms with Gasteiger partial charge in [-0.3, -0.25) is 0 Å². The Morgan fingerprint density at radius 2 is 2.21 bits per heavy atom. The molecule has 0 radical (unpaired) electrons. The van der Waals surface area contributed by atoms with E-state index < -0.39 is 5.66 Å². The molecule has 0 spiro atoms. The molecule has 1 aliphatic carbocycles. The van der Waals surface area contributed by atoms with Crippen molar-refractivity contribution in [3.63, 3.8) is 0 Å². The number of rotatable bonds is 5. The SMILES string of the molecule is CNCC1CN(C2=CC(N)(CC3CC3)N=C(N)N2)C1. The highest BCUT2D eigenvalue weighted by Gasteiger charge is 2.37. The van der Waals surface area contributed by atoms with Crippen molar-refractivity contribution >= 4 is 5.96 Å². The fourth-order valence-electron chi connectivity index (χ4n) is 2.93. The minimum absolute atomic E-state index is 0.442. The van der Waals surface area contributed by atoms with Gasteiger partial charge in [-0.1, -0.05) is 12.8 Å². The minimum atomic E-state index is -0.611. The average Bonchev–Trinajstić information content (AvgIpc) is 3.04. The first-order valence-electron chi connectivity index (χ1n) is 7.11. The van der Waals surface area contributed by atoms with Crippen LogP contribution in [0.3, 0.4) is 0 Å². The van der Waals surface area contributed by atoms with Crippen molar-refractivity contribution in [3.8, 4) is 0 Å². The fraction of sp³-hybridized carbons (Fsp3) is 0.769. The number of guanidine groups is 1. The predicted molar refractivity (Wildman–Crippen MR) is 76.1 cm³/mol. The quantitative estimate of drug-likeness (QED) is 0.530. The van der Waals surface area contributed by atoms with Crippen LogP contribution in [0.4, 0.5) is 0 Å². The molecule has 3 aliphatic rings. The van der Waals surface area contributed by atoms with Gasteiger partial charge in [-0.25, -0.2) is 4.99 Å². The number of nitrogens with zero attached hydrogens (tertiary/aromatic N) is 2. The van der Waals surface area contributed by atoms with E-state index in [0.717, 1.165) is 37.8 Å². The van der Waals surface area contributed by atoms with Crippen LogP contribution < -0.4 is 22.1 Å². The highest BCUT2D eigenvalue weighted by molar-refractivity contribution is 5.81. The molecule has 1 saturated carbocycles. The monoisotopic (exact) mass is 264 g/mol. The van der Waals surface area contributed by atoms with E-state index in [2.05, 4.69) is 26.6 Å². The lowest BCUT2D eigenvalue weighted by atomic mass is 9.98. The standard InChI is InChI=1S/C13H24N6/c1-16-6-10-7-19(8-10)11-5-13(15,4-9-2-3-9)18-12(14)17-11/h5,9-10,16H,2-4,6-8,15H2,1H3,(H3,14,17,18). The molecule has 2 fully saturated rings. The van der Waals surface area contributed by atoms with Crippen LogP contribution >= 0.6 is 0 Å². The summed E-state index contributed by atoms with van der Waals surface area (Å²) >= 11 is 0. The summed E-state index contributed by atoms with van der Waals surface area (Å²) in [5.41, 5.74) is 11.6. The second kappa shape index (κ2) is 4.68. The van der Waals surface area contributed by atoms with Crippen LogP contribution in [0.5, 0.6) is 0 Å². The third kappa shape index (κ3) is 2.84. The molecule has 1 saturated heterocycles. The predicted octanol–water partition coefficient (Wildman–Crippen LogP) is -0.648. The first-order valence-corrected chi connectivity index (χ1v) is 7.11. The summed E-state index contributed by atoms with van der Waals surface area (Å²) in [5.74, 6) is 2.91. The molecule has 0 aromatic carbocycles. The number of likely N-dealkylation sites (tertiary alicyclic amines) is 1. The van der Waals surface area contributed by atoms with Gasteiger partial charge >= 0.3 is 0 Å². The molecule has 6 nitrogen and oxygen atoms in total. The summed E-state index contributed by atoms with van der Waals surface area (Å²) in [5, 5.41) is 6.36. The van der Waals surface area contributed by atoms with Crippen LogP contribution in [0.2, 0.25) is 0 Å². The maximum absolute atomic E-state index is 6.37. The molecule has 0 aromatic rings. The summed E-state index contributed by atoms with van der Waals surface area (Å²) in [6, 6.07) is 0. The molecule has 19 heavy (non-hydrogen) atoms. The van der Waals surface area contributed by atoms with Gasteiger partial charge in [-0.2, -0.15) is 0 Å². The highest BCUT2D eigenvalue weighted by Crippen LogP contribution is 2.38. The number of aliphatic imine (C=N–C) groups is 1. The molecule has 1 unspecified atom stereocenters. The van der Waals surface area contributed by atoms with Crippen LogP contribution in [0.25, 0.3) is 0 Å². The number of nitrogens with one attached hydrogen (secondary N) is 2. The summed E-state index contributed by atoms with van der Waals surface area (Å²) < 4.78 is 0. The fourth-order valence-corrected chi connectivity index (χ4v) is 2.93. The normalized spacial score (nSPS) is 31.4. The molecule has 0 amide bonds. The van der Waals surface area contributed by atoms with E-state index in [9.17, 15) is 0 Å². The Kier molecular flexibility index (Phi) is 3.14. The van der Waals surface area contributed by atoms with Gasteiger partial charge in [0, 0.05) is 25.6 Å². The first-order chi connectivity index (χ1) is 9.08. The lowest BCUT2D eigenvalue weighted by Crippen LogP contribution is -2.56. The van der Waals surface area contributed by atoms with Gasteiger partial charge in [0.1, 0.15) is 11.5 Å². The average molecular weight is 264 g/mol. The van der Waals surface area contributed by atoms with Crippen molar-refractivity contribution < 1.29 is 0 Å². The number of hydrogen-bond acceptors (Lipinski definition) is 6. The summed E-state index contributed by atoms with van der Waals surface area (Å²) in [6.45, 7) is 3.15. The van der Waals surface area contributed by atoms with Gasteiger partial charge in [-0.15, -0.1) is 0 Å². The third-order valence-electron chi connectivity index (χ3n) is 4.07. The molecule has 106 valence electrons. The molecule has 0 aromatic heterocycles. The van der Waals surface area contributed by atoms with Crippen molar-refractivity contribution in [1.29, 1.82) is 0 Å². The zero-order valence-electron chi connectivity index (χ0n) is 11.5. The number of hydrogen-bond donors (Lipinski definition) is 4. The lowest BCUT2D eigenvalue weighted by molar-refractivity contribution is 0.134. The largest absolute Gasteiger partial charge is 0.370 e. The molecule has 3 rings (SSSR count). The van der Waals surface area contributed by atoms with Crippen LogP contribution in [0.15, 0.2) is 16.9 Å². The molecule has 6 N–H and O–H groups in total. The Hall–Kier alpha value is -1.27. The molecular weight excluding hydrogens is 240 g/mol. The smallest absolute Gasteiger partial charge is 0.196 e. The van der Waals surface area contributed by atoms with Gasteiger partial charge in [0.2, 0.25) is 0 Å². The van der Waals surface area contributed by atoms with Crippen molar-refractivity contribution in [1.82, 2.24) is 15.5 Å². The Labute approximate surface area is 114 Å². The maximum atomic E-state index is 6.37. The maximum Gasteiger partial charge on any atom is 0.196 e. The van der Waals surface area contributed by atoms with Crippen LogP contribution in [-0.4, -0.2) is 43.2 Å². The van der Waals surface area contributed by atoms with Crippen molar-refractivity contribution in [2.24, 2.45) is 28.3 Å². The Morgan fingerprint density at radius 3 is 2.84 bits per heavy atom. The third-order valence-corrected chi connectivity index (χ3v) is 4.07. The van der Waals surface area contributed by atoms with Gasteiger partial charge in [0.25, 0.3) is 0 Å². The van der Waals surface area contributed by atoms with Gasteiger partial charge in [0.15, 0.2) is 5.96 Å². The zero-order chi connectivity index (χ0) is 13.5. The first kappa shape index (κ1) is 12.7. The van der Waals surface area contributed by atoms with Crippen LogP contribution in [0.1, 0.15) is 19.3 Å². The van der Waals surface area contributed by atoms with E-state index in [-0.39, 0.29) is 0 Å². The summed E-state index contributed by atoms with van der Waals surface area (Å²) in [4.78, 5) is 6.68. The minimum Gasteiger partial charge on any atom is -0.370 e. The van der Waals surface area contributed by atoms with Crippen molar-refractivity contribution in [2.75, 3.05) is 26.7 Å². The van der Waals surface area contributed by atoms with Crippen molar-refractivity contribution in [2.45, 2.75) is 24.9 Å². The van der Waals surface area contributed by atoms with E-state index in [4.69, 9.17) is 11.5 Å². The second-order valence-corrected chi connectivity index (χ2v) is 6.12. The molecule has 2 aliphatic heterocycles. The molecule has 2 heterocycles. The van der Waals surface area contributed by atoms with E-state index in [0.29, 0.717) is 11.9 Å². The van der Waals surface area contributed by atoms with E-state index in [1.54, 1.807) is 0 Å².